The third-order valence-corrected chi connectivity index (χ3v) is 6.95. The quantitative estimate of drug-likeness (QED) is 0.671. The molecular weight excluding hydrogens is 268 g/mol. The molecule has 2 heterocycles. The van der Waals surface area contributed by atoms with Crippen LogP contribution in [0.5, 0.6) is 0 Å². The monoisotopic (exact) mass is 306 g/mol. The summed E-state index contributed by atoms with van der Waals surface area (Å²) in [4.78, 5) is 5.10. The number of hydrogen-bond donors (Lipinski definition) is 0. The van der Waals surface area contributed by atoms with Gasteiger partial charge in [0.25, 0.3) is 0 Å². The van der Waals surface area contributed by atoms with E-state index in [1.807, 2.05) is 0 Å². The van der Waals surface area contributed by atoms with Crippen molar-refractivity contribution >= 4 is 0 Å². The Morgan fingerprint density at radius 1 is 0.727 bits per heavy atom. The van der Waals surface area contributed by atoms with Gasteiger partial charge in [-0.3, -0.25) is 4.90 Å². The topological polar surface area (TPSA) is 6.48 Å². The van der Waals surface area contributed by atoms with Gasteiger partial charge in [-0.1, -0.05) is 27.7 Å². The Bertz CT molecular complexity index is 380. The smallest absolute Gasteiger partial charge is 0.0125 e. The zero-order valence-electron chi connectivity index (χ0n) is 16.2. The second-order valence-corrected chi connectivity index (χ2v) is 10.7. The summed E-state index contributed by atoms with van der Waals surface area (Å²) >= 11 is 0. The molecule has 0 radical (unpaired) electrons. The number of likely N-dealkylation sites (tertiary alicyclic amines) is 2. The Kier molecular flexibility index (Phi) is 3.97. The van der Waals surface area contributed by atoms with Gasteiger partial charge in [0.2, 0.25) is 0 Å². The molecule has 2 saturated heterocycles. The molecule has 0 aromatic heterocycles. The van der Waals surface area contributed by atoms with Crippen LogP contribution in [-0.4, -0.2) is 48.6 Å². The number of nitrogens with zero attached hydrogens (tertiary/aromatic N) is 2. The molecular formula is C20H38N2. The summed E-state index contributed by atoms with van der Waals surface area (Å²) in [6.07, 6.45) is 0. The minimum atomic E-state index is 0.410. The van der Waals surface area contributed by atoms with Crippen molar-refractivity contribution < 1.29 is 0 Å². The van der Waals surface area contributed by atoms with E-state index < -0.39 is 0 Å². The molecule has 4 fully saturated rings. The lowest BCUT2D eigenvalue weighted by atomic mass is 9.87. The van der Waals surface area contributed by atoms with Crippen molar-refractivity contribution in [1.29, 1.82) is 0 Å². The maximum Gasteiger partial charge on any atom is 0.0125 e. The van der Waals surface area contributed by atoms with Crippen molar-refractivity contribution in [3.8, 4) is 0 Å². The molecule has 0 aromatic rings. The number of piperidine rings is 2. The van der Waals surface area contributed by atoms with Crippen LogP contribution >= 0.6 is 0 Å². The number of fused-ring (bicyclic) bond motifs is 2. The first-order valence-electron chi connectivity index (χ1n) is 9.43. The van der Waals surface area contributed by atoms with Crippen molar-refractivity contribution in [2.24, 2.45) is 40.9 Å². The van der Waals surface area contributed by atoms with Crippen LogP contribution < -0.4 is 0 Å². The largest absolute Gasteiger partial charge is 0.306 e. The molecule has 0 spiro atoms. The summed E-state index contributed by atoms with van der Waals surface area (Å²) in [7, 11) is 2.24. The summed E-state index contributed by atoms with van der Waals surface area (Å²) < 4.78 is 0. The molecule has 0 aromatic carbocycles. The Balaban J connectivity index is 0.000000131. The molecule has 2 saturated carbocycles. The average molecular weight is 307 g/mol. The highest BCUT2D eigenvalue weighted by Crippen LogP contribution is 2.59. The SMILES string of the molecule is CC1C2CN(C(C)(C)C)CC12.CN1CC2C(C1)C2C(C)(C)C. The summed E-state index contributed by atoms with van der Waals surface area (Å²) in [5.74, 6) is 6.25. The zero-order chi connectivity index (χ0) is 16.4. The minimum Gasteiger partial charge on any atom is -0.306 e. The molecule has 4 rings (SSSR count). The fraction of sp³-hybridized carbons (Fsp3) is 1.00. The molecule has 4 atom stereocenters. The van der Waals surface area contributed by atoms with E-state index in [4.69, 9.17) is 0 Å². The van der Waals surface area contributed by atoms with Gasteiger partial charge in [-0.05, 0) is 68.7 Å². The minimum absolute atomic E-state index is 0.410. The van der Waals surface area contributed by atoms with Gasteiger partial charge in [0.1, 0.15) is 0 Å². The van der Waals surface area contributed by atoms with E-state index in [0.717, 1.165) is 35.5 Å². The van der Waals surface area contributed by atoms with Crippen molar-refractivity contribution in [2.45, 2.75) is 54.0 Å². The lowest BCUT2D eigenvalue weighted by molar-refractivity contribution is 0.148. The molecule has 2 aliphatic heterocycles. The van der Waals surface area contributed by atoms with E-state index in [1.54, 1.807) is 0 Å². The molecule has 0 N–H and O–H groups in total. The summed E-state index contributed by atoms with van der Waals surface area (Å²) in [5, 5.41) is 0. The van der Waals surface area contributed by atoms with E-state index in [1.165, 1.54) is 26.2 Å². The van der Waals surface area contributed by atoms with Crippen LogP contribution in [0.2, 0.25) is 0 Å². The Morgan fingerprint density at radius 2 is 1.18 bits per heavy atom. The normalized spacial score (nSPS) is 44.2. The van der Waals surface area contributed by atoms with Gasteiger partial charge < -0.3 is 4.90 Å². The summed E-state index contributed by atoms with van der Waals surface area (Å²) in [5.41, 5.74) is 0.976. The van der Waals surface area contributed by atoms with Crippen molar-refractivity contribution in [3.63, 3.8) is 0 Å². The average Bonchev–Trinajstić information content (AvgIpc) is 3.00. The molecule has 2 aliphatic carbocycles. The van der Waals surface area contributed by atoms with Crippen molar-refractivity contribution in [1.82, 2.24) is 9.80 Å². The number of rotatable bonds is 0. The molecule has 2 heteroatoms. The fourth-order valence-electron chi connectivity index (χ4n) is 5.39. The van der Waals surface area contributed by atoms with Crippen LogP contribution in [0.3, 0.4) is 0 Å². The Labute approximate surface area is 138 Å². The maximum atomic E-state index is 2.63. The highest BCUT2D eigenvalue weighted by atomic mass is 15.2. The molecule has 0 amide bonds. The molecule has 0 bridgehead atoms. The van der Waals surface area contributed by atoms with Gasteiger partial charge in [-0.25, -0.2) is 0 Å². The van der Waals surface area contributed by atoms with Crippen LogP contribution in [0.4, 0.5) is 0 Å². The lowest BCUT2D eigenvalue weighted by Crippen LogP contribution is -2.41. The van der Waals surface area contributed by atoms with Crippen LogP contribution in [-0.2, 0) is 0 Å². The number of hydrogen-bond acceptors (Lipinski definition) is 2. The van der Waals surface area contributed by atoms with Gasteiger partial charge in [0.15, 0.2) is 0 Å². The predicted octanol–water partition coefficient (Wildman–Crippen LogP) is 3.82. The van der Waals surface area contributed by atoms with Crippen LogP contribution in [0.25, 0.3) is 0 Å². The Morgan fingerprint density at radius 3 is 1.55 bits per heavy atom. The van der Waals surface area contributed by atoms with Gasteiger partial charge >= 0.3 is 0 Å². The highest BCUT2D eigenvalue weighted by Gasteiger charge is 2.59. The molecule has 4 aliphatic rings. The zero-order valence-corrected chi connectivity index (χ0v) is 16.2. The van der Waals surface area contributed by atoms with Gasteiger partial charge in [0.05, 0.1) is 0 Å². The van der Waals surface area contributed by atoms with E-state index in [2.05, 4.69) is 65.3 Å². The second-order valence-electron chi connectivity index (χ2n) is 10.7. The van der Waals surface area contributed by atoms with E-state index in [0.29, 0.717) is 11.0 Å². The van der Waals surface area contributed by atoms with Crippen LogP contribution in [0.1, 0.15) is 48.5 Å². The van der Waals surface area contributed by atoms with E-state index in [-0.39, 0.29) is 0 Å². The molecule has 128 valence electrons. The summed E-state index contributed by atoms with van der Waals surface area (Å²) in [6.45, 7) is 21.9. The van der Waals surface area contributed by atoms with E-state index >= 15 is 0 Å². The first-order chi connectivity index (χ1) is 10.00. The third-order valence-electron chi connectivity index (χ3n) is 6.95. The van der Waals surface area contributed by atoms with Crippen molar-refractivity contribution in [3.05, 3.63) is 0 Å². The standard InChI is InChI=1S/2C10H19N/c1-10(2,3)9-7-5-11(4)6-8(7)9;1-7-8-5-11(6-9(7)8)10(2,3)4/h2*7-9H,5-6H2,1-4H3. The lowest BCUT2D eigenvalue weighted by Gasteiger charge is -2.33. The first-order valence-corrected chi connectivity index (χ1v) is 9.43. The second kappa shape index (κ2) is 5.21. The van der Waals surface area contributed by atoms with Gasteiger partial charge in [-0.15, -0.1) is 0 Å². The highest BCUT2D eigenvalue weighted by molar-refractivity contribution is 5.08. The third kappa shape index (κ3) is 3.11. The maximum absolute atomic E-state index is 2.63. The summed E-state index contributed by atoms with van der Waals surface area (Å²) in [6, 6.07) is 0. The molecule has 4 unspecified atom stereocenters. The van der Waals surface area contributed by atoms with Crippen LogP contribution in [0.15, 0.2) is 0 Å². The van der Waals surface area contributed by atoms with Gasteiger partial charge in [-0.2, -0.15) is 0 Å². The Hall–Kier alpha value is -0.0800. The van der Waals surface area contributed by atoms with Gasteiger partial charge in [0, 0.05) is 31.7 Å². The molecule has 2 nitrogen and oxygen atoms in total. The van der Waals surface area contributed by atoms with E-state index in [9.17, 15) is 0 Å². The van der Waals surface area contributed by atoms with Crippen molar-refractivity contribution in [2.75, 3.05) is 33.2 Å². The van der Waals surface area contributed by atoms with Crippen LogP contribution in [0, 0.1) is 40.9 Å². The first kappa shape index (κ1) is 16.8. The fourth-order valence-corrected chi connectivity index (χ4v) is 5.39. The predicted molar refractivity (Wildman–Crippen MR) is 94.9 cm³/mol. The molecule has 22 heavy (non-hydrogen) atoms.